The van der Waals surface area contributed by atoms with E-state index in [4.69, 9.17) is 0 Å². The van der Waals surface area contributed by atoms with Crippen molar-refractivity contribution in [3.8, 4) is 11.4 Å². The molecule has 3 heterocycles. The molecular formula is C17H19F3N4O. The highest BCUT2D eigenvalue weighted by molar-refractivity contribution is 5.57. The largest absolute Gasteiger partial charge is 0.433 e. The Morgan fingerprint density at radius 2 is 2.12 bits per heavy atom. The van der Waals surface area contributed by atoms with Crippen LogP contribution >= 0.6 is 0 Å². The third-order valence-corrected chi connectivity index (χ3v) is 4.39. The number of hydrogen-bond acceptors (Lipinski definition) is 5. The smallest absolute Gasteiger partial charge is 0.393 e. The van der Waals surface area contributed by atoms with Gasteiger partial charge < -0.3 is 10.0 Å². The summed E-state index contributed by atoms with van der Waals surface area (Å²) >= 11 is 0. The van der Waals surface area contributed by atoms with Gasteiger partial charge in [-0.1, -0.05) is 0 Å². The van der Waals surface area contributed by atoms with Crippen LogP contribution in [0.3, 0.4) is 0 Å². The third kappa shape index (κ3) is 4.07. The SMILES string of the molecule is CC(O)C1CCCN(c2cc(C(F)(F)F)nc(-c3cccnc3)n2)C1. The van der Waals surface area contributed by atoms with E-state index in [0.717, 1.165) is 18.9 Å². The molecule has 2 aromatic rings. The molecule has 8 heteroatoms. The van der Waals surface area contributed by atoms with Gasteiger partial charge in [-0.3, -0.25) is 4.98 Å². The summed E-state index contributed by atoms with van der Waals surface area (Å²) in [5.41, 5.74) is -0.547. The fourth-order valence-electron chi connectivity index (χ4n) is 2.98. The van der Waals surface area contributed by atoms with Crippen LogP contribution in [0.15, 0.2) is 30.6 Å². The van der Waals surface area contributed by atoms with Crippen LogP contribution in [0.25, 0.3) is 11.4 Å². The molecule has 2 unspecified atom stereocenters. The molecule has 1 fully saturated rings. The van der Waals surface area contributed by atoms with Crippen molar-refractivity contribution in [2.75, 3.05) is 18.0 Å². The molecule has 1 saturated heterocycles. The quantitative estimate of drug-likeness (QED) is 0.919. The van der Waals surface area contributed by atoms with E-state index in [0.29, 0.717) is 18.7 Å². The van der Waals surface area contributed by atoms with Gasteiger partial charge in [0, 0.05) is 43.0 Å². The number of pyridine rings is 1. The number of nitrogens with zero attached hydrogens (tertiary/aromatic N) is 4. The normalized spacial score (nSPS) is 19.7. The summed E-state index contributed by atoms with van der Waals surface area (Å²) in [6.45, 7) is 2.78. The molecule has 25 heavy (non-hydrogen) atoms. The monoisotopic (exact) mass is 352 g/mol. The van der Waals surface area contributed by atoms with Crippen molar-refractivity contribution < 1.29 is 18.3 Å². The molecule has 2 aromatic heterocycles. The molecule has 0 aliphatic carbocycles. The predicted molar refractivity (Wildman–Crippen MR) is 86.9 cm³/mol. The zero-order valence-electron chi connectivity index (χ0n) is 13.7. The fourth-order valence-corrected chi connectivity index (χ4v) is 2.98. The molecule has 0 spiro atoms. The lowest BCUT2D eigenvalue weighted by atomic mass is 9.93. The third-order valence-electron chi connectivity index (χ3n) is 4.39. The average Bonchev–Trinajstić information content (AvgIpc) is 2.61. The van der Waals surface area contributed by atoms with E-state index in [2.05, 4.69) is 15.0 Å². The topological polar surface area (TPSA) is 62.1 Å². The van der Waals surface area contributed by atoms with Crippen molar-refractivity contribution in [3.63, 3.8) is 0 Å². The first-order chi connectivity index (χ1) is 11.8. The maximum atomic E-state index is 13.3. The van der Waals surface area contributed by atoms with E-state index in [1.807, 2.05) is 0 Å². The van der Waals surface area contributed by atoms with E-state index in [-0.39, 0.29) is 17.6 Å². The number of aliphatic hydroxyl groups is 1. The first kappa shape index (κ1) is 17.6. The molecule has 5 nitrogen and oxygen atoms in total. The second-order valence-electron chi connectivity index (χ2n) is 6.26. The summed E-state index contributed by atoms with van der Waals surface area (Å²) in [6, 6.07) is 4.23. The summed E-state index contributed by atoms with van der Waals surface area (Å²) in [4.78, 5) is 13.7. The standard InChI is InChI=1S/C17H19F3N4O/c1-11(25)13-5-3-7-24(10-13)15-8-14(17(18,19)20)22-16(23-15)12-4-2-6-21-9-12/h2,4,6,8-9,11,13,25H,3,5,7,10H2,1H3. The van der Waals surface area contributed by atoms with Crippen LogP contribution in [0.5, 0.6) is 0 Å². The molecule has 134 valence electrons. The number of anilines is 1. The summed E-state index contributed by atoms with van der Waals surface area (Å²) in [5, 5.41) is 9.81. The Kier molecular flexibility index (Phi) is 4.89. The molecule has 1 aliphatic rings. The Balaban J connectivity index is 2.01. The number of aromatic nitrogens is 3. The molecule has 0 bridgehead atoms. The van der Waals surface area contributed by atoms with Gasteiger partial charge in [0.05, 0.1) is 6.10 Å². The fraction of sp³-hybridized carbons (Fsp3) is 0.471. The van der Waals surface area contributed by atoms with Crippen LogP contribution in [0.2, 0.25) is 0 Å². The van der Waals surface area contributed by atoms with E-state index in [1.165, 1.54) is 12.4 Å². The molecule has 1 N–H and O–H groups in total. The number of hydrogen-bond donors (Lipinski definition) is 1. The van der Waals surface area contributed by atoms with Crippen molar-refractivity contribution in [2.45, 2.75) is 32.0 Å². The second kappa shape index (κ2) is 6.95. The molecule has 0 aromatic carbocycles. The molecule has 3 rings (SSSR count). The Hall–Kier alpha value is -2.22. The van der Waals surface area contributed by atoms with E-state index in [9.17, 15) is 18.3 Å². The van der Waals surface area contributed by atoms with Gasteiger partial charge in [0.2, 0.25) is 0 Å². The van der Waals surface area contributed by atoms with Gasteiger partial charge >= 0.3 is 6.18 Å². The van der Waals surface area contributed by atoms with Crippen LogP contribution in [-0.4, -0.2) is 39.3 Å². The molecular weight excluding hydrogens is 333 g/mol. The number of rotatable bonds is 3. The number of aliphatic hydroxyl groups excluding tert-OH is 1. The van der Waals surface area contributed by atoms with Gasteiger partial charge in [-0.15, -0.1) is 0 Å². The van der Waals surface area contributed by atoms with Crippen molar-refractivity contribution in [1.82, 2.24) is 15.0 Å². The Morgan fingerprint density at radius 3 is 2.76 bits per heavy atom. The zero-order chi connectivity index (χ0) is 18.0. The molecule has 0 saturated carbocycles. The maximum Gasteiger partial charge on any atom is 0.433 e. The zero-order valence-corrected chi connectivity index (χ0v) is 13.7. The second-order valence-corrected chi connectivity index (χ2v) is 6.26. The highest BCUT2D eigenvalue weighted by atomic mass is 19.4. The maximum absolute atomic E-state index is 13.3. The first-order valence-electron chi connectivity index (χ1n) is 8.14. The van der Waals surface area contributed by atoms with E-state index >= 15 is 0 Å². The number of halogens is 3. The minimum Gasteiger partial charge on any atom is -0.393 e. The lowest BCUT2D eigenvalue weighted by Gasteiger charge is -2.35. The van der Waals surface area contributed by atoms with Crippen LogP contribution in [0.1, 0.15) is 25.5 Å². The van der Waals surface area contributed by atoms with Crippen LogP contribution in [0.4, 0.5) is 19.0 Å². The number of alkyl halides is 3. The summed E-state index contributed by atoms with van der Waals surface area (Å²) in [6.07, 6.45) is -0.452. The van der Waals surface area contributed by atoms with E-state index in [1.54, 1.807) is 24.0 Å². The first-order valence-corrected chi connectivity index (χ1v) is 8.14. The predicted octanol–water partition coefficient (Wildman–Crippen LogP) is 3.15. The Bertz CT molecular complexity index is 722. The summed E-state index contributed by atoms with van der Waals surface area (Å²) in [5.74, 6) is 0.239. The highest BCUT2D eigenvalue weighted by Crippen LogP contribution is 2.33. The van der Waals surface area contributed by atoms with Crippen LogP contribution < -0.4 is 4.90 Å². The molecule has 0 amide bonds. The lowest BCUT2D eigenvalue weighted by molar-refractivity contribution is -0.141. The van der Waals surface area contributed by atoms with Crippen molar-refractivity contribution in [2.24, 2.45) is 5.92 Å². The summed E-state index contributed by atoms with van der Waals surface area (Å²) < 4.78 is 39.8. The van der Waals surface area contributed by atoms with E-state index < -0.39 is 18.0 Å². The van der Waals surface area contributed by atoms with Gasteiger partial charge in [-0.2, -0.15) is 13.2 Å². The molecule has 1 aliphatic heterocycles. The molecule has 2 atom stereocenters. The van der Waals surface area contributed by atoms with Gasteiger partial charge in [0.1, 0.15) is 5.82 Å². The van der Waals surface area contributed by atoms with Crippen LogP contribution in [0, 0.1) is 5.92 Å². The van der Waals surface area contributed by atoms with Gasteiger partial charge in [0.15, 0.2) is 11.5 Å². The summed E-state index contributed by atoms with van der Waals surface area (Å²) in [7, 11) is 0. The Morgan fingerprint density at radius 1 is 1.32 bits per heavy atom. The van der Waals surface area contributed by atoms with Gasteiger partial charge in [0.25, 0.3) is 0 Å². The van der Waals surface area contributed by atoms with Crippen molar-refractivity contribution in [1.29, 1.82) is 0 Å². The number of piperidine rings is 1. The average molecular weight is 352 g/mol. The Labute approximate surface area is 143 Å². The van der Waals surface area contributed by atoms with Gasteiger partial charge in [-0.05, 0) is 31.9 Å². The minimum atomic E-state index is -4.56. The minimum absolute atomic E-state index is 0.00269. The van der Waals surface area contributed by atoms with Crippen molar-refractivity contribution >= 4 is 5.82 Å². The lowest BCUT2D eigenvalue weighted by Crippen LogP contribution is -2.40. The van der Waals surface area contributed by atoms with Crippen LogP contribution in [-0.2, 0) is 6.18 Å². The van der Waals surface area contributed by atoms with Crippen molar-refractivity contribution in [3.05, 3.63) is 36.3 Å². The molecule has 0 radical (unpaired) electrons. The highest BCUT2D eigenvalue weighted by Gasteiger charge is 2.35. The van der Waals surface area contributed by atoms with Gasteiger partial charge in [-0.25, -0.2) is 9.97 Å².